The standard InChI is InChI=1S/C16H19F3N4O/c1-10-8-11(5-6-23(10)2)20-15-12(16(17,18)19)9-13(21-22-15)14-4-3-7-24-14/h3-4,7,9-11H,5-6,8H2,1-2H3,(H,20,22). The summed E-state index contributed by atoms with van der Waals surface area (Å²) in [5.74, 6) is 0.0343. The zero-order valence-corrected chi connectivity index (χ0v) is 13.5. The van der Waals surface area contributed by atoms with E-state index in [0.717, 1.165) is 25.5 Å². The average molecular weight is 340 g/mol. The molecule has 8 heteroatoms. The van der Waals surface area contributed by atoms with E-state index >= 15 is 0 Å². The number of halogens is 3. The normalized spacial score (nSPS) is 22.5. The van der Waals surface area contributed by atoms with Crippen LogP contribution in [-0.2, 0) is 6.18 Å². The SMILES string of the molecule is CC1CC(Nc2nnc(-c3ccco3)cc2C(F)(F)F)CCN1C. The van der Waals surface area contributed by atoms with E-state index in [2.05, 4.69) is 27.3 Å². The van der Waals surface area contributed by atoms with Gasteiger partial charge in [-0.1, -0.05) is 0 Å². The molecule has 3 heterocycles. The molecule has 2 unspecified atom stereocenters. The molecule has 1 aliphatic rings. The van der Waals surface area contributed by atoms with Crippen LogP contribution < -0.4 is 5.32 Å². The third kappa shape index (κ3) is 3.53. The fourth-order valence-electron chi connectivity index (χ4n) is 2.87. The number of nitrogens with one attached hydrogen (secondary N) is 1. The lowest BCUT2D eigenvalue weighted by Gasteiger charge is -2.35. The van der Waals surface area contributed by atoms with Crippen LogP contribution in [0, 0.1) is 0 Å². The summed E-state index contributed by atoms with van der Waals surface area (Å²) >= 11 is 0. The Kier molecular flexibility index (Phi) is 4.49. The predicted molar refractivity (Wildman–Crippen MR) is 83.5 cm³/mol. The number of likely N-dealkylation sites (tertiary alicyclic amines) is 1. The van der Waals surface area contributed by atoms with Crippen molar-refractivity contribution < 1.29 is 17.6 Å². The van der Waals surface area contributed by atoms with E-state index in [1.807, 2.05) is 7.05 Å². The molecule has 1 aliphatic heterocycles. The van der Waals surface area contributed by atoms with Gasteiger partial charge in [0.05, 0.1) is 6.26 Å². The summed E-state index contributed by atoms with van der Waals surface area (Å²) in [5.41, 5.74) is -0.759. The minimum atomic E-state index is -4.52. The highest BCUT2D eigenvalue weighted by atomic mass is 19.4. The molecular weight excluding hydrogens is 321 g/mol. The topological polar surface area (TPSA) is 54.2 Å². The van der Waals surface area contributed by atoms with Crippen LogP contribution >= 0.6 is 0 Å². The van der Waals surface area contributed by atoms with Crippen molar-refractivity contribution in [3.05, 3.63) is 30.0 Å². The van der Waals surface area contributed by atoms with Crippen molar-refractivity contribution in [1.29, 1.82) is 0 Å². The lowest BCUT2D eigenvalue weighted by molar-refractivity contribution is -0.137. The first-order chi connectivity index (χ1) is 11.3. The molecular formula is C16H19F3N4O. The summed E-state index contributed by atoms with van der Waals surface area (Å²) in [7, 11) is 2.01. The Hall–Kier alpha value is -2.09. The molecule has 130 valence electrons. The molecule has 3 rings (SSSR count). The largest absolute Gasteiger partial charge is 0.463 e. The minimum absolute atomic E-state index is 0.0546. The van der Waals surface area contributed by atoms with Gasteiger partial charge in [-0.15, -0.1) is 10.2 Å². The van der Waals surface area contributed by atoms with Gasteiger partial charge >= 0.3 is 6.18 Å². The molecule has 0 radical (unpaired) electrons. The third-order valence-electron chi connectivity index (χ3n) is 4.42. The minimum Gasteiger partial charge on any atom is -0.463 e. The zero-order valence-electron chi connectivity index (χ0n) is 13.5. The summed E-state index contributed by atoms with van der Waals surface area (Å²) in [6.45, 7) is 2.89. The molecule has 0 spiro atoms. The van der Waals surface area contributed by atoms with Gasteiger partial charge in [-0.2, -0.15) is 13.2 Å². The van der Waals surface area contributed by atoms with E-state index in [9.17, 15) is 13.2 Å². The first kappa shape index (κ1) is 16.8. The van der Waals surface area contributed by atoms with Crippen LogP contribution in [0.15, 0.2) is 28.9 Å². The number of nitrogens with zero attached hydrogens (tertiary/aromatic N) is 3. The van der Waals surface area contributed by atoms with E-state index in [1.165, 1.54) is 6.26 Å². The molecule has 5 nitrogen and oxygen atoms in total. The molecule has 0 saturated carbocycles. The van der Waals surface area contributed by atoms with Crippen molar-refractivity contribution >= 4 is 5.82 Å². The number of hydrogen-bond donors (Lipinski definition) is 1. The summed E-state index contributed by atoms with van der Waals surface area (Å²) in [5, 5.41) is 10.6. The van der Waals surface area contributed by atoms with E-state index in [0.29, 0.717) is 6.04 Å². The number of furan rings is 1. The quantitative estimate of drug-likeness (QED) is 0.924. The Morgan fingerprint density at radius 1 is 1.33 bits per heavy atom. The number of anilines is 1. The molecule has 0 aromatic carbocycles. The zero-order chi connectivity index (χ0) is 17.3. The molecule has 1 fully saturated rings. The van der Waals surface area contributed by atoms with Gasteiger partial charge in [-0.05, 0) is 45.0 Å². The van der Waals surface area contributed by atoms with Crippen LogP contribution in [0.25, 0.3) is 11.5 Å². The van der Waals surface area contributed by atoms with E-state index < -0.39 is 11.7 Å². The Morgan fingerprint density at radius 3 is 2.75 bits per heavy atom. The van der Waals surface area contributed by atoms with Gasteiger partial charge in [0.2, 0.25) is 0 Å². The first-order valence-electron chi connectivity index (χ1n) is 7.80. The summed E-state index contributed by atoms with van der Waals surface area (Å²) in [6.07, 6.45) is -1.61. The molecule has 2 aromatic heterocycles. The number of piperidine rings is 1. The fourth-order valence-corrected chi connectivity index (χ4v) is 2.87. The van der Waals surface area contributed by atoms with Crippen LogP contribution in [-0.4, -0.2) is 40.8 Å². The molecule has 1 saturated heterocycles. The molecule has 0 aliphatic carbocycles. The van der Waals surface area contributed by atoms with Gasteiger partial charge in [-0.3, -0.25) is 0 Å². The first-order valence-corrected chi connectivity index (χ1v) is 7.80. The monoisotopic (exact) mass is 340 g/mol. The maximum Gasteiger partial charge on any atom is 0.420 e. The molecule has 0 amide bonds. The second kappa shape index (κ2) is 6.43. The Balaban J connectivity index is 1.87. The van der Waals surface area contributed by atoms with Crippen molar-refractivity contribution in [3.63, 3.8) is 0 Å². The Labute approximate surface area is 137 Å². The van der Waals surface area contributed by atoms with Crippen molar-refractivity contribution in [1.82, 2.24) is 15.1 Å². The van der Waals surface area contributed by atoms with Crippen molar-refractivity contribution in [2.24, 2.45) is 0 Å². The van der Waals surface area contributed by atoms with Crippen molar-refractivity contribution in [3.8, 4) is 11.5 Å². The molecule has 2 atom stereocenters. The molecule has 24 heavy (non-hydrogen) atoms. The molecule has 1 N–H and O–H groups in total. The number of hydrogen-bond acceptors (Lipinski definition) is 5. The summed E-state index contributed by atoms with van der Waals surface area (Å²) in [6, 6.07) is 4.38. The lowest BCUT2D eigenvalue weighted by Crippen LogP contribution is -2.43. The van der Waals surface area contributed by atoms with Gasteiger partial charge in [0.25, 0.3) is 0 Å². The second-order valence-corrected chi connectivity index (χ2v) is 6.16. The number of rotatable bonds is 3. The third-order valence-corrected chi connectivity index (χ3v) is 4.42. The molecule has 2 aromatic rings. The fraction of sp³-hybridized carbons (Fsp3) is 0.500. The van der Waals surface area contributed by atoms with Crippen LogP contribution in [0.1, 0.15) is 25.3 Å². The maximum absolute atomic E-state index is 13.4. The van der Waals surface area contributed by atoms with Crippen LogP contribution in [0.5, 0.6) is 0 Å². The summed E-state index contributed by atoms with van der Waals surface area (Å²) in [4.78, 5) is 2.19. The predicted octanol–water partition coefficient (Wildman–Crippen LogP) is 3.65. The van der Waals surface area contributed by atoms with Gasteiger partial charge in [-0.25, -0.2) is 0 Å². The average Bonchev–Trinajstić information content (AvgIpc) is 3.05. The Morgan fingerprint density at radius 2 is 2.12 bits per heavy atom. The summed E-state index contributed by atoms with van der Waals surface area (Å²) < 4.78 is 45.4. The number of alkyl halides is 3. The molecule has 0 bridgehead atoms. The lowest BCUT2D eigenvalue weighted by atomic mass is 9.99. The second-order valence-electron chi connectivity index (χ2n) is 6.16. The van der Waals surface area contributed by atoms with Crippen molar-refractivity contribution in [2.45, 2.75) is 38.0 Å². The van der Waals surface area contributed by atoms with Gasteiger partial charge in [0, 0.05) is 18.6 Å². The maximum atomic E-state index is 13.4. The smallest absolute Gasteiger partial charge is 0.420 e. The van der Waals surface area contributed by atoms with Crippen molar-refractivity contribution in [2.75, 3.05) is 18.9 Å². The Bertz CT molecular complexity index is 687. The highest BCUT2D eigenvalue weighted by Crippen LogP contribution is 2.36. The highest BCUT2D eigenvalue weighted by Gasteiger charge is 2.36. The van der Waals surface area contributed by atoms with E-state index in [1.54, 1.807) is 12.1 Å². The van der Waals surface area contributed by atoms with Crippen LogP contribution in [0.3, 0.4) is 0 Å². The number of aromatic nitrogens is 2. The van der Waals surface area contributed by atoms with Crippen LogP contribution in [0.4, 0.5) is 19.0 Å². The van der Waals surface area contributed by atoms with E-state index in [-0.39, 0.29) is 23.3 Å². The highest BCUT2D eigenvalue weighted by molar-refractivity contribution is 5.57. The van der Waals surface area contributed by atoms with Crippen LogP contribution in [0.2, 0.25) is 0 Å². The van der Waals surface area contributed by atoms with Gasteiger partial charge in [0.15, 0.2) is 11.6 Å². The van der Waals surface area contributed by atoms with E-state index in [4.69, 9.17) is 4.42 Å². The van der Waals surface area contributed by atoms with Gasteiger partial charge < -0.3 is 14.6 Å². The van der Waals surface area contributed by atoms with Gasteiger partial charge in [0.1, 0.15) is 11.3 Å².